The average molecular weight is 229 g/mol. The zero-order valence-electron chi connectivity index (χ0n) is 10.1. The van der Waals surface area contributed by atoms with Crippen LogP contribution in [-0.4, -0.2) is 49.7 Å². The Morgan fingerprint density at radius 1 is 1.50 bits per heavy atom. The van der Waals surface area contributed by atoms with Crippen LogP contribution in [0.3, 0.4) is 0 Å². The number of nitrogens with zero attached hydrogens (tertiary/aromatic N) is 1. The van der Waals surface area contributed by atoms with E-state index in [1.165, 1.54) is 7.11 Å². The highest BCUT2D eigenvalue weighted by Gasteiger charge is 2.30. The standard InChI is InChI=1S/C11H19NO4/c1-8(2)12(6-10(13)15-3)11(14)9-4-5-16-7-9/h8-9H,4-7H2,1-3H3. The second kappa shape index (κ2) is 5.84. The van der Waals surface area contributed by atoms with Crippen molar-refractivity contribution in [3.8, 4) is 0 Å². The smallest absolute Gasteiger partial charge is 0.325 e. The molecule has 0 radical (unpaired) electrons. The molecule has 1 aliphatic heterocycles. The van der Waals surface area contributed by atoms with E-state index < -0.39 is 0 Å². The molecule has 1 fully saturated rings. The average Bonchev–Trinajstić information content (AvgIpc) is 2.77. The lowest BCUT2D eigenvalue weighted by Gasteiger charge is -2.27. The van der Waals surface area contributed by atoms with Crippen molar-refractivity contribution in [2.45, 2.75) is 26.3 Å². The van der Waals surface area contributed by atoms with E-state index in [-0.39, 0.29) is 30.4 Å². The van der Waals surface area contributed by atoms with Gasteiger partial charge in [0.15, 0.2) is 0 Å². The van der Waals surface area contributed by atoms with Gasteiger partial charge in [0.05, 0.1) is 19.6 Å². The fourth-order valence-electron chi connectivity index (χ4n) is 1.68. The highest BCUT2D eigenvalue weighted by molar-refractivity contribution is 5.84. The van der Waals surface area contributed by atoms with Crippen molar-refractivity contribution in [1.82, 2.24) is 4.90 Å². The highest BCUT2D eigenvalue weighted by Crippen LogP contribution is 2.17. The second-order valence-corrected chi connectivity index (χ2v) is 4.20. The quantitative estimate of drug-likeness (QED) is 0.656. The molecule has 0 aromatic rings. The van der Waals surface area contributed by atoms with Crippen molar-refractivity contribution >= 4 is 11.9 Å². The third-order valence-corrected chi connectivity index (χ3v) is 2.71. The number of hydrogen-bond donors (Lipinski definition) is 0. The van der Waals surface area contributed by atoms with Gasteiger partial charge in [-0.2, -0.15) is 0 Å². The fraction of sp³-hybridized carbons (Fsp3) is 0.818. The minimum absolute atomic E-state index is 0.00722. The predicted molar refractivity (Wildman–Crippen MR) is 57.8 cm³/mol. The van der Waals surface area contributed by atoms with Gasteiger partial charge >= 0.3 is 5.97 Å². The molecule has 92 valence electrons. The van der Waals surface area contributed by atoms with E-state index in [1.54, 1.807) is 4.90 Å². The van der Waals surface area contributed by atoms with Gasteiger partial charge in [0.2, 0.25) is 5.91 Å². The molecular weight excluding hydrogens is 210 g/mol. The van der Waals surface area contributed by atoms with Crippen LogP contribution in [0.2, 0.25) is 0 Å². The molecule has 1 rings (SSSR count). The minimum Gasteiger partial charge on any atom is -0.468 e. The molecule has 1 atom stereocenters. The van der Waals surface area contributed by atoms with Crippen LogP contribution >= 0.6 is 0 Å². The Morgan fingerprint density at radius 3 is 2.62 bits per heavy atom. The lowest BCUT2D eigenvalue weighted by molar-refractivity contribution is -0.149. The summed E-state index contributed by atoms with van der Waals surface area (Å²) in [5, 5.41) is 0. The summed E-state index contributed by atoms with van der Waals surface area (Å²) in [5.41, 5.74) is 0. The number of ether oxygens (including phenoxy) is 2. The molecule has 0 saturated carbocycles. The number of amides is 1. The summed E-state index contributed by atoms with van der Waals surface area (Å²) in [7, 11) is 1.32. The molecule has 5 nitrogen and oxygen atoms in total. The van der Waals surface area contributed by atoms with Crippen molar-refractivity contribution in [2.75, 3.05) is 26.9 Å². The van der Waals surface area contributed by atoms with E-state index in [0.29, 0.717) is 13.2 Å². The maximum Gasteiger partial charge on any atom is 0.325 e. The predicted octanol–water partition coefficient (Wildman–Crippen LogP) is 0.433. The maximum absolute atomic E-state index is 12.1. The van der Waals surface area contributed by atoms with E-state index in [1.807, 2.05) is 13.8 Å². The first-order chi connectivity index (χ1) is 7.56. The molecule has 0 bridgehead atoms. The van der Waals surface area contributed by atoms with E-state index >= 15 is 0 Å². The van der Waals surface area contributed by atoms with E-state index in [2.05, 4.69) is 4.74 Å². The lowest BCUT2D eigenvalue weighted by Crippen LogP contribution is -2.44. The molecule has 0 spiro atoms. The fourth-order valence-corrected chi connectivity index (χ4v) is 1.68. The van der Waals surface area contributed by atoms with Gasteiger partial charge in [0.1, 0.15) is 6.54 Å². The monoisotopic (exact) mass is 229 g/mol. The van der Waals surface area contributed by atoms with Gasteiger partial charge in [0, 0.05) is 12.6 Å². The number of hydrogen-bond acceptors (Lipinski definition) is 4. The molecule has 1 unspecified atom stereocenters. The Morgan fingerprint density at radius 2 is 2.19 bits per heavy atom. The molecule has 1 amide bonds. The van der Waals surface area contributed by atoms with Crippen molar-refractivity contribution in [2.24, 2.45) is 5.92 Å². The van der Waals surface area contributed by atoms with Crippen molar-refractivity contribution in [1.29, 1.82) is 0 Å². The second-order valence-electron chi connectivity index (χ2n) is 4.20. The topological polar surface area (TPSA) is 55.8 Å². The summed E-state index contributed by atoms with van der Waals surface area (Å²) >= 11 is 0. The van der Waals surface area contributed by atoms with Crippen molar-refractivity contribution in [3.63, 3.8) is 0 Å². The molecule has 1 heterocycles. The number of carbonyl (C=O) groups excluding carboxylic acids is 2. The summed E-state index contributed by atoms with van der Waals surface area (Å²) in [6, 6.07) is -0.00722. The van der Waals surface area contributed by atoms with E-state index in [9.17, 15) is 9.59 Å². The van der Waals surface area contributed by atoms with Crippen LogP contribution in [0.15, 0.2) is 0 Å². The molecular formula is C11H19NO4. The Kier molecular flexibility index (Phi) is 4.73. The minimum atomic E-state index is -0.388. The van der Waals surface area contributed by atoms with Gasteiger partial charge in [0.25, 0.3) is 0 Å². The third kappa shape index (κ3) is 3.20. The zero-order chi connectivity index (χ0) is 12.1. The first-order valence-corrected chi connectivity index (χ1v) is 5.51. The molecule has 5 heteroatoms. The maximum atomic E-state index is 12.1. The van der Waals surface area contributed by atoms with Crippen LogP contribution in [0.25, 0.3) is 0 Å². The Hall–Kier alpha value is -1.10. The SMILES string of the molecule is COC(=O)CN(C(=O)C1CCOC1)C(C)C. The molecule has 0 aliphatic carbocycles. The lowest BCUT2D eigenvalue weighted by atomic mass is 10.1. The van der Waals surface area contributed by atoms with Crippen LogP contribution in [0.1, 0.15) is 20.3 Å². The zero-order valence-corrected chi connectivity index (χ0v) is 10.1. The van der Waals surface area contributed by atoms with Crippen LogP contribution in [-0.2, 0) is 19.1 Å². The number of carbonyl (C=O) groups is 2. The molecule has 1 saturated heterocycles. The molecule has 1 aliphatic rings. The summed E-state index contributed by atoms with van der Waals surface area (Å²) in [6.45, 7) is 4.88. The van der Waals surface area contributed by atoms with Gasteiger partial charge in [-0.1, -0.05) is 0 Å². The van der Waals surface area contributed by atoms with E-state index in [4.69, 9.17) is 4.74 Å². The van der Waals surface area contributed by atoms with Gasteiger partial charge in [-0.15, -0.1) is 0 Å². The summed E-state index contributed by atoms with van der Waals surface area (Å²) in [4.78, 5) is 24.8. The molecule has 0 N–H and O–H groups in total. The van der Waals surface area contributed by atoms with Crippen LogP contribution in [0.4, 0.5) is 0 Å². The van der Waals surface area contributed by atoms with Crippen LogP contribution < -0.4 is 0 Å². The summed E-state index contributed by atoms with van der Waals surface area (Å²) < 4.78 is 9.76. The van der Waals surface area contributed by atoms with Crippen molar-refractivity contribution in [3.05, 3.63) is 0 Å². The van der Waals surface area contributed by atoms with Crippen LogP contribution in [0.5, 0.6) is 0 Å². The van der Waals surface area contributed by atoms with Gasteiger partial charge in [-0.05, 0) is 20.3 Å². The summed E-state index contributed by atoms with van der Waals surface area (Å²) in [6.07, 6.45) is 0.739. The highest BCUT2D eigenvalue weighted by atomic mass is 16.5. The number of rotatable bonds is 4. The third-order valence-electron chi connectivity index (χ3n) is 2.71. The van der Waals surface area contributed by atoms with E-state index in [0.717, 1.165) is 6.42 Å². The molecule has 0 aromatic carbocycles. The van der Waals surface area contributed by atoms with Gasteiger partial charge in [-0.25, -0.2) is 0 Å². The number of esters is 1. The Labute approximate surface area is 95.7 Å². The first kappa shape index (κ1) is 13.0. The van der Waals surface area contributed by atoms with Gasteiger partial charge < -0.3 is 14.4 Å². The Balaban J connectivity index is 2.61. The first-order valence-electron chi connectivity index (χ1n) is 5.51. The molecule has 0 aromatic heterocycles. The normalized spacial score (nSPS) is 19.9. The van der Waals surface area contributed by atoms with Gasteiger partial charge in [-0.3, -0.25) is 9.59 Å². The number of methoxy groups -OCH3 is 1. The molecule has 16 heavy (non-hydrogen) atoms. The van der Waals surface area contributed by atoms with Crippen LogP contribution in [0, 0.1) is 5.92 Å². The Bertz CT molecular complexity index is 259. The summed E-state index contributed by atoms with van der Waals surface area (Å²) in [5.74, 6) is -0.508. The van der Waals surface area contributed by atoms with Crippen molar-refractivity contribution < 1.29 is 19.1 Å². The largest absolute Gasteiger partial charge is 0.468 e.